The molecule has 0 radical (unpaired) electrons. The molecule has 0 N–H and O–H groups in total. The van der Waals surface area contributed by atoms with E-state index in [1.54, 1.807) is 0 Å². The van der Waals surface area contributed by atoms with E-state index in [4.69, 9.17) is 26.3 Å². The van der Waals surface area contributed by atoms with Crippen LogP contribution in [0.4, 0.5) is 0 Å². The van der Waals surface area contributed by atoms with Crippen LogP contribution in [0.5, 0.6) is 5.75 Å². The summed E-state index contributed by atoms with van der Waals surface area (Å²) >= 11 is 6.23. The minimum atomic E-state index is 0.491. The fraction of sp³-hybridized carbons (Fsp3) is 0.167. The minimum Gasteiger partial charge on any atom is -0.490 e. The molecular formula is C24H20ClN3O. The molecule has 0 spiro atoms. The summed E-state index contributed by atoms with van der Waals surface area (Å²) < 4.78 is 8.19. The number of aromatic nitrogens is 3. The third-order valence-electron chi connectivity index (χ3n) is 5.31. The zero-order valence-electron chi connectivity index (χ0n) is 16.3. The Morgan fingerprint density at radius 3 is 2.34 bits per heavy atom. The summed E-state index contributed by atoms with van der Waals surface area (Å²) in [5, 5.41) is 1.78. The Balaban J connectivity index is 1.67. The highest BCUT2D eigenvalue weighted by Crippen LogP contribution is 2.33. The molecule has 2 heterocycles. The maximum atomic E-state index is 6.23. The molecule has 0 fully saturated rings. The lowest BCUT2D eigenvalue weighted by Gasteiger charge is -2.11. The summed E-state index contributed by atoms with van der Waals surface area (Å²) in [6.45, 7) is 5.40. The monoisotopic (exact) mass is 401 g/mol. The van der Waals surface area contributed by atoms with Crippen molar-refractivity contribution in [1.82, 2.24) is 14.5 Å². The lowest BCUT2D eigenvalue weighted by molar-refractivity contribution is 0.302. The molecule has 29 heavy (non-hydrogen) atoms. The van der Waals surface area contributed by atoms with E-state index in [0.29, 0.717) is 23.9 Å². The molecule has 0 atom stereocenters. The second kappa shape index (κ2) is 7.05. The van der Waals surface area contributed by atoms with Gasteiger partial charge in [-0.2, -0.15) is 0 Å². The zero-order chi connectivity index (χ0) is 20.0. The second-order valence-electron chi connectivity index (χ2n) is 7.24. The number of nitrogens with zero attached hydrogens (tertiary/aromatic N) is 3. The third kappa shape index (κ3) is 3.00. The predicted octanol–water partition coefficient (Wildman–Crippen LogP) is 6.09. The Morgan fingerprint density at radius 2 is 1.55 bits per heavy atom. The van der Waals surface area contributed by atoms with Crippen molar-refractivity contribution in [2.45, 2.75) is 20.4 Å². The van der Waals surface area contributed by atoms with Crippen molar-refractivity contribution in [3.63, 3.8) is 0 Å². The molecule has 2 aromatic heterocycles. The fourth-order valence-corrected chi connectivity index (χ4v) is 4.11. The van der Waals surface area contributed by atoms with Gasteiger partial charge in [-0.1, -0.05) is 48.0 Å². The van der Waals surface area contributed by atoms with Gasteiger partial charge < -0.3 is 9.30 Å². The number of rotatable bonds is 4. The Hall–Kier alpha value is -3.11. The maximum absolute atomic E-state index is 6.23. The van der Waals surface area contributed by atoms with Crippen LogP contribution in [0.2, 0.25) is 5.02 Å². The first kappa shape index (κ1) is 18.0. The van der Waals surface area contributed by atoms with Gasteiger partial charge in [0.15, 0.2) is 5.65 Å². The van der Waals surface area contributed by atoms with E-state index in [1.165, 1.54) is 11.1 Å². The smallest absolute Gasteiger partial charge is 0.160 e. The van der Waals surface area contributed by atoms with E-state index < -0.39 is 0 Å². The van der Waals surface area contributed by atoms with Crippen LogP contribution in [0.15, 0.2) is 60.7 Å². The van der Waals surface area contributed by atoms with Crippen LogP contribution < -0.4 is 4.74 Å². The van der Waals surface area contributed by atoms with Crippen molar-refractivity contribution < 1.29 is 4.74 Å². The summed E-state index contributed by atoms with van der Waals surface area (Å²) in [5.74, 6) is 0.694. The van der Waals surface area contributed by atoms with Crippen molar-refractivity contribution in [3.8, 4) is 5.75 Å². The number of para-hydroxylation sites is 3. The molecule has 3 aromatic carbocycles. The largest absolute Gasteiger partial charge is 0.490 e. The van der Waals surface area contributed by atoms with Crippen LogP contribution in [0, 0.1) is 13.8 Å². The summed E-state index contributed by atoms with van der Waals surface area (Å²) in [6, 6.07) is 19.9. The molecule has 5 heteroatoms. The van der Waals surface area contributed by atoms with Gasteiger partial charge in [0.25, 0.3) is 0 Å². The molecule has 144 valence electrons. The number of ether oxygens (including phenoxy) is 1. The van der Waals surface area contributed by atoms with E-state index in [1.807, 2.05) is 48.5 Å². The average molecular weight is 402 g/mol. The van der Waals surface area contributed by atoms with Gasteiger partial charge in [-0.05, 0) is 49.2 Å². The minimum absolute atomic E-state index is 0.491. The number of aryl methyl sites for hydroxylation is 2. The Labute approximate surface area is 173 Å². The summed E-state index contributed by atoms with van der Waals surface area (Å²) in [5.41, 5.74) is 7.20. The molecular weight excluding hydrogens is 382 g/mol. The normalized spacial score (nSPS) is 11.6. The first-order valence-electron chi connectivity index (χ1n) is 9.66. The first-order chi connectivity index (χ1) is 14.1. The van der Waals surface area contributed by atoms with Gasteiger partial charge in [-0.3, -0.25) is 0 Å². The topological polar surface area (TPSA) is 39.9 Å². The van der Waals surface area contributed by atoms with Gasteiger partial charge in [0.1, 0.15) is 17.9 Å². The van der Waals surface area contributed by atoms with Crippen LogP contribution in [-0.2, 0) is 6.54 Å². The highest BCUT2D eigenvalue weighted by molar-refractivity contribution is 6.32. The standard InChI is InChI=1S/C24H20ClN3O/c1-15-11-12-16(2)23-21(15)22-24(27-19-9-5-4-8-18(19)26-22)28(23)13-14-29-20-10-6-3-7-17(20)25/h3-12H,13-14H2,1-2H3. The van der Waals surface area contributed by atoms with Crippen LogP contribution in [0.3, 0.4) is 0 Å². The number of hydrogen-bond acceptors (Lipinski definition) is 3. The third-order valence-corrected chi connectivity index (χ3v) is 5.62. The van der Waals surface area contributed by atoms with Crippen molar-refractivity contribution >= 4 is 44.7 Å². The molecule has 0 aliphatic carbocycles. The van der Waals surface area contributed by atoms with Crippen LogP contribution in [0.25, 0.3) is 33.1 Å². The van der Waals surface area contributed by atoms with E-state index in [-0.39, 0.29) is 0 Å². The SMILES string of the molecule is Cc1ccc(C)c2c1c1nc3ccccc3nc1n2CCOc1ccccc1Cl. The molecule has 4 nitrogen and oxygen atoms in total. The van der Waals surface area contributed by atoms with E-state index in [0.717, 1.165) is 33.1 Å². The highest BCUT2D eigenvalue weighted by atomic mass is 35.5. The van der Waals surface area contributed by atoms with Gasteiger partial charge >= 0.3 is 0 Å². The summed E-state index contributed by atoms with van der Waals surface area (Å²) in [7, 11) is 0. The lowest BCUT2D eigenvalue weighted by atomic mass is 10.1. The van der Waals surface area contributed by atoms with Gasteiger partial charge in [0.2, 0.25) is 0 Å². The molecule has 0 aliphatic rings. The van der Waals surface area contributed by atoms with E-state index >= 15 is 0 Å². The quantitative estimate of drug-likeness (QED) is 0.366. The predicted molar refractivity (Wildman–Crippen MR) is 119 cm³/mol. The molecule has 5 rings (SSSR count). The Kier molecular flexibility index (Phi) is 4.36. The van der Waals surface area contributed by atoms with Crippen LogP contribution >= 0.6 is 11.6 Å². The van der Waals surface area contributed by atoms with Gasteiger partial charge in [-0.25, -0.2) is 9.97 Å². The molecule has 0 bridgehead atoms. The van der Waals surface area contributed by atoms with Gasteiger partial charge in [0, 0.05) is 5.39 Å². The molecule has 0 unspecified atom stereocenters. The summed E-state index contributed by atoms with van der Waals surface area (Å²) in [4.78, 5) is 9.92. The molecule has 0 saturated heterocycles. The fourth-order valence-electron chi connectivity index (χ4n) is 3.92. The van der Waals surface area contributed by atoms with E-state index in [2.05, 4.69) is 30.5 Å². The number of benzene rings is 3. The van der Waals surface area contributed by atoms with Gasteiger partial charge in [0.05, 0.1) is 28.1 Å². The lowest BCUT2D eigenvalue weighted by Crippen LogP contribution is -2.09. The van der Waals surface area contributed by atoms with Gasteiger partial charge in [-0.15, -0.1) is 0 Å². The zero-order valence-corrected chi connectivity index (χ0v) is 17.1. The number of halogens is 1. The summed E-state index contributed by atoms with van der Waals surface area (Å²) in [6.07, 6.45) is 0. The molecule has 0 saturated carbocycles. The van der Waals surface area contributed by atoms with Crippen molar-refractivity contribution in [1.29, 1.82) is 0 Å². The first-order valence-corrected chi connectivity index (χ1v) is 10.0. The maximum Gasteiger partial charge on any atom is 0.160 e. The Bertz CT molecular complexity index is 1370. The Morgan fingerprint density at radius 1 is 0.862 bits per heavy atom. The molecule has 5 aromatic rings. The van der Waals surface area contributed by atoms with Crippen LogP contribution in [-0.4, -0.2) is 21.1 Å². The molecule has 0 amide bonds. The average Bonchev–Trinajstić information content (AvgIpc) is 3.05. The number of fused-ring (bicyclic) bond motifs is 4. The van der Waals surface area contributed by atoms with E-state index in [9.17, 15) is 0 Å². The highest BCUT2D eigenvalue weighted by Gasteiger charge is 2.18. The second-order valence-corrected chi connectivity index (χ2v) is 7.65. The van der Waals surface area contributed by atoms with Crippen molar-refractivity contribution in [3.05, 3.63) is 76.8 Å². The van der Waals surface area contributed by atoms with Crippen molar-refractivity contribution in [2.24, 2.45) is 0 Å². The van der Waals surface area contributed by atoms with Crippen molar-refractivity contribution in [2.75, 3.05) is 6.61 Å². The molecule has 0 aliphatic heterocycles. The van der Waals surface area contributed by atoms with Crippen LogP contribution in [0.1, 0.15) is 11.1 Å². The number of hydrogen-bond donors (Lipinski definition) is 0.